The molecule has 0 aliphatic heterocycles. The van der Waals surface area contributed by atoms with Crippen LogP contribution in [-0.4, -0.2) is 29.1 Å². The molecule has 0 radical (unpaired) electrons. The molecule has 1 aromatic carbocycles. The third-order valence-electron chi connectivity index (χ3n) is 3.33. The normalized spacial score (nSPS) is 13.7. The summed E-state index contributed by atoms with van der Waals surface area (Å²) in [5.41, 5.74) is 0.519. The Morgan fingerprint density at radius 3 is 2.50 bits per heavy atom. The van der Waals surface area contributed by atoms with Gasteiger partial charge in [-0.05, 0) is 37.5 Å². The first kappa shape index (κ1) is 16.2. The van der Waals surface area contributed by atoms with E-state index in [9.17, 15) is 14.7 Å². The molecule has 1 atom stereocenters. The van der Waals surface area contributed by atoms with Gasteiger partial charge >= 0.3 is 11.8 Å². The highest BCUT2D eigenvalue weighted by Crippen LogP contribution is 2.14. The Kier molecular flexibility index (Phi) is 5.27. The van der Waals surface area contributed by atoms with Gasteiger partial charge < -0.3 is 15.7 Å². The fourth-order valence-electron chi connectivity index (χ4n) is 1.45. The average molecular weight is 278 g/mol. The Hall–Kier alpha value is -1.88. The summed E-state index contributed by atoms with van der Waals surface area (Å²) in [5, 5.41) is 15.0. The lowest BCUT2D eigenvalue weighted by Gasteiger charge is -2.27. The van der Waals surface area contributed by atoms with Crippen molar-refractivity contribution in [2.45, 2.75) is 33.3 Å². The molecule has 1 unspecified atom stereocenters. The second-order valence-electron chi connectivity index (χ2n) is 5.52. The van der Waals surface area contributed by atoms with E-state index in [4.69, 9.17) is 0 Å². The van der Waals surface area contributed by atoms with Gasteiger partial charge in [0.25, 0.3) is 0 Å². The summed E-state index contributed by atoms with van der Waals surface area (Å²) in [7, 11) is 0. The SMILES string of the molecule is Cc1cccc(NC(=O)C(=O)NCC(C)(O)C(C)C)c1. The lowest BCUT2D eigenvalue weighted by molar-refractivity contribution is -0.137. The molecular weight excluding hydrogens is 256 g/mol. The molecule has 20 heavy (non-hydrogen) atoms. The van der Waals surface area contributed by atoms with E-state index in [2.05, 4.69) is 10.6 Å². The standard InChI is InChI=1S/C15H22N2O3/c1-10(2)15(4,20)9-16-13(18)14(19)17-12-7-5-6-11(3)8-12/h5-8,10,20H,9H2,1-4H3,(H,16,18)(H,17,19). The summed E-state index contributed by atoms with van der Waals surface area (Å²) in [4.78, 5) is 23.4. The van der Waals surface area contributed by atoms with Crippen molar-refractivity contribution >= 4 is 17.5 Å². The largest absolute Gasteiger partial charge is 0.388 e. The van der Waals surface area contributed by atoms with Crippen LogP contribution in [0.25, 0.3) is 0 Å². The third-order valence-corrected chi connectivity index (χ3v) is 3.33. The Morgan fingerprint density at radius 1 is 1.30 bits per heavy atom. The zero-order chi connectivity index (χ0) is 15.3. The van der Waals surface area contributed by atoms with Crippen LogP contribution in [-0.2, 0) is 9.59 Å². The van der Waals surface area contributed by atoms with Crippen molar-refractivity contribution in [2.24, 2.45) is 5.92 Å². The van der Waals surface area contributed by atoms with Crippen LogP contribution in [0.4, 0.5) is 5.69 Å². The molecule has 0 aromatic heterocycles. The molecule has 0 aliphatic carbocycles. The molecule has 0 bridgehead atoms. The fourth-order valence-corrected chi connectivity index (χ4v) is 1.45. The van der Waals surface area contributed by atoms with E-state index in [0.717, 1.165) is 5.56 Å². The molecule has 2 amide bonds. The van der Waals surface area contributed by atoms with Crippen molar-refractivity contribution in [3.63, 3.8) is 0 Å². The van der Waals surface area contributed by atoms with Crippen LogP contribution in [0.15, 0.2) is 24.3 Å². The molecule has 110 valence electrons. The minimum Gasteiger partial charge on any atom is -0.388 e. The highest BCUT2D eigenvalue weighted by atomic mass is 16.3. The highest BCUT2D eigenvalue weighted by molar-refractivity contribution is 6.39. The van der Waals surface area contributed by atoms with Gasteiger partial charge in [-0.1, -0.05) is 26.0 Å². The number of amides is 2. The van der Waals surface area contributed by atoms with E-state index in [1.165, 1.54) is 0 Å². The van der Waals surface area contributed by atoms with Gasteiger partial charge in [0, 0.05) is 12.2 Å². The first-order valence-corrected chi connectivity index (χ1v) is 6.60. The molecule has 0 aliphatic rings. The quantitative estimate of drug-likeness (QED) is 0.730. The van der Waals surface area contributed by atoms with Crippen LogP contribution in [0, 0.1) is 12.8 Å². The predicted molar refractivity (Wildman–Crippen MR) is 78.3 cm³/mol. The van der Waals surface area contributed by atoms with E-state index < -0.39 is 17.4 Å². The molecule has 5 nitrogen and oxygen atoms in total. The summed E-state index contributed by atoms with van der Waals surface area (Å²) < 4.78 is 0. The number of anilines is 1. The van der Waals surface area contributed by atoms with E-state index in [0.29, 0.717) is 5.69 Å². The van der Waals surface area contributed by atoms with Gasteiger partial charge in [0.2, 0.25) is 0 Å². The molecule has 0 fully saturated rings. The molecule has 0 spiro atoms. The van der Waals surface area contributed by atoms with Gasteiger partial charge in [0.15, 0.2) is 0 Å². The van der Waals surface area contributed by atoms with Gasteiger partial charge in [0.05, 0.1) is 5.60 Å². The van der Waals surface area contributed by atoms with Gasteiger partial charge in [0.1, 0.15) is 0 Å². The number of aryl methyl sites for hydroxylation is 1. The number of benzene rings is 1. The van der Waals surface area contributed by atoms with Crippen molar-refractivity contribution in [2.75, 3.05) is 11.9 Å². The first-order chi connectivity index (χ1) is 9.22. The first-order valence-electron chi connectivity index (χ1n) is 6.60. The number of hydrogen-bond acceptors (Lipinski definition) is 3. The van der Waals surface area contributed by atoms with Crippen LogP contribution in [0.3, 0.4) is 0 Å². The van der Waals surface area contributed by atoms with Gasteiger partial charge in [-0.3, -0.25) is 9.59 Å². The van der Waals surface area contributed by atoms with E-state index in [1.54, 1.807) is 25.1 Å². The molecule has 5 heteroatoms. The Labute approximate surface area is 119 Å². The topological polar surface area (TPSA) is 78.4 Å². The average Bonchev–Trinajstić information content (AvgIpc) is 2.35. The Bertz CT molecular complexity index is 496. The zero-order valence-corrected chi connectivity index (χ0v) is 12.4. The molecule has 1 aromatic rings. The van der Waals surface area contributed by atoms with Gasteiger partial charge in [-0.25, -0.2) is 0 Å². The molecule has 1 rings (SSSR count). The van der Waals surface area contributed by atoms with E-state index in [-0.39, 0.29) is 12.5 Å². The number of nitrogens with one attached hydrogen (secondary N) is 2. The second kappa shape index (κ2) is 6.52. The van der Waals surface area contributed by atoms with Gasteiger partial charge in [-0.15, -0.1) is 0 Å². The lowest BCUT2D eigenvalue weighted by Crippen LogP contribution is -2.47. The maximum Gasteiger partial charge on any atom is 0.313 e. The predicted octanol–water partition coefficient (Wildman–Crippen LogP) is 1.46. The Balaban J connectivity index is 2.54. The number of carbonyl (C=O) groups is 2. The van der Waals surface area contributed by atoms with Crippen LogP contribution < -0.4 is 10.6 Å². The van der Waals surface area contributed by atoms with Crippen molar-refractivity contribution in [3.8, 4) is 0 Å². The summed E-state index contributed by atoms with van der Waals surface area (Å²) >= 11 is 0. The molecule has 0 heterocycles. The van der Waals surface area contributed by atoms with Crippen LogP contribution in [0.1, 0.15) is 26.3 Å². The summed E-state index contributed by atoms with van der Waals surface area (Å²) in [6.45, 7) is 7.24. The highest BCUT2D eigenvalue weighted by Gasteiger charge is 2.26. The Morgan fingerprint density at radius 2 is 1.95 bits per heavy atom. The third kappa shape index (κ3) is 4.66. The molecule has 3 N–H and O–H groups in total. The number of carbonyl (C=O) groups excluding carboxylic acids is 2. The van der Waals surface area contributed by atoms with Crippen molar-refractivity contribution in [1.82, 2.24) is 5.32 Å². The second-order valence-corrected chi connectivity index (χ2v) is 5.52. The maximum atomic E-state index is 11.7. The smallest absolute Gasteiger partial charge is 0.313 e. The van der Waals surface area contributed by atoms with Crippen LogP contribution in [0.2, 0.25) is 0 Å². The summed E-state index contributed by atoms with van der Waals surface area (Å²) in [5.74, 6) is -1.52. The van der Waals surface area contributed by atoms with E-state index >= 15 is 0 Å². The summed E-state index contributed by atoms with van der Waals surface area (Å²) in [6.07, 6.45) is 0. The number of hydrogen-bond donors (Lipinski definition) is 3. The van der Waals surface area contributed by atoms with Gasteiger partial charge in [-0.2, -0.15) is 0 Å². The molecular formula is C15H22N2O3. The van der Waals surface area contributed by atoms with Crippen LogP contribution >= 0.6 is 0 Å². The zero-order valence-electron chi connectivity index (χ0n) is 12.4. The number of rotatable bonds is 4. The lowest BCUT2D eigenvalue weighted by atomic mass is 9.92. The molecule has 0 saturated heterocycles. The maximum absolute atomic E-state index is 11.7. The molecule has 0 saturated carbocycles. The van der Waals surface area contributed by atoms with Crippen molar-refractivity contribution < 1.29 is 14.7 Å². The van der Waals surface area contributed by atoms with Crippen LogP contribution in [0.5, 0.6) is 0 Å². The monoisotopic (exact) mass is 278 g/mol. The van der Waals surface area contributed by atoms with E-state index in [1.807, 2.05) is 26.8 Å². The fraction of sp³-hybridized carbons (Fsp3) is 0.467. The minimum atomic E-state index is -1.04. The van der Waals surface area contributed by atoms with Crippen molar-refractivity contribution in [1.29, 1.82) is 0 Å². The minimum absolute atomic E-state index is 0.0253. The van der Waals surface area contributed by atoms with Crippen molar-refractivity contribution in [3.05, 3.63) is 29.8 Å². The summed E-state index contributed by atoms with van der Waals surface area (Å²) in [6, 6.07) is 7.18. The number of aliphatic hydroxyl groups is 1.